The fraction of sp³-hybridized carbons (Fsp3) is 0.545. The minimum absolute atomic E-state index is 0.0884. The molecule has 6 heterocycles. The predicted molar refractivity (Wildman–Crippen MR) is 169 cm³/mol. The van der Waals surface area contributed by atoms with Crippen molar-refractivity contribution in [3.05, 3.63) is 28.6 Å². The first-order valence-corrected chi connectivity index (χ1v) is 19.8. The molecule has 250 valence electrons. The van der Waals surface area contributed by atoms with Crippen molar-refractivity contribution in [2.24, 2.45) is 11.8 Å². The largest absolute Gasteiger partial charge is 0.386 e. The highest BCUT2D eigenvalue weighted by Gasteiger charge is 2.46. The zero-order chi connectivity index (χ0) is 33.0. The number of anilines is 2. The lowest BCUT2D eigenvalue weighted by molar-refractivity contribution is -0.0381. The van der Waals surface area contributed by atoms with E-state index in [1.165, 1.54) is 28.1 Å². The number of fused-ring (bicyclic) bond motifs is 2. The smallest absolute Gasteiger partial charge is 0.382 e. The first kappa shape index (κ1) is 33.7. The first-order valence-electron chi connectivity index (χ1n) is 13.5. The van der Waals surface area contributed by atoms with Gasteiger partial charge in [-0.15, -0.1) is 0 Å². The van der Waals surface area contributed by atoms with Crippen molar-refractivity contribution in [2.75, 3.05) is 31.3 Å². The molecule has 4 aromatic rings. The Morgan fingerprint density at radius 3 is 2.46 bits per heavy atom. The third-order valence-electron chi connectivity index (χ3n) is 7.67. The van der Waals surface area contributed by atoms with E-state index in [1.807, 2.05) is 0 Å². The highest BCUT2D eigenvalue weighted by Crippen LogP contribution is 2.55. The van der Waals surface area contributed by atoms with Crippen LogP contribution in [0.1, 0.15) is 25.8 Å². The molecule has 9 atom stereocenters. The number of hydrogen-bond donors (Lipinski definition) is 5. The summed E-state index contributed by atoms with van der Waals surface area (Å²) in [4.78, 5) is 42.4. The number of nitrogens with zero attached hydrogens (tertiary/aromatic N) is 7. The van der Waals surface area contributed by atoms with Crippen molar-refractivity contribution in [3.8, 4) is 0 Å². The molecule has 0 radical (unpaired) electrons. The van der Waals surface area contributed by atoms with Gasteiger partial charge in [-0.2, -0.15) is 0 Å². The lowest BCUT2D eigenvalue weighted by atomic mass is 9.92. The number of rotatable bonds is 11. The van der Waals surface area contributed by atoms with E-state index >= 15 is 4.39 Å². The van der Waals surface area contributed by atoms with Crippen LogP contribution in [0.5, 0.6) is 0 Å². The normalized spacial score (nSPS) is 29.4. The Bertz CT molecular complexity index is 1910. The number of thiol groups is 2. The van der Waals surface area contributed by atoms with E-state index in [2.05, 4.69) is 49.4 Å². The monoisotopic (exact) mass is 739 g/mol. The Kier molecular flexibility index (Phi) is 9.51. The summed E-state index contributed by atoms with van der Waals surface area (Å²) in [5, 5.41) is 0. The van der Waals surface area contributed by atoms with Gasteiger partial charge in [-0.1, -0.05) is 42.8 Å². The molecule has 0 saturated carbocycles. The van der Waals surface area contributed by atoms with E-state index in [4.69, 9.17) is 34.5 Å². The van der Waals surface area contributed by atoms with Crippen molar-refractivity contribution in [2.45, 2.75) is 44.2 Å². The molecule has 0 amide bonds. The van der Waals surface area contributed by atoms with Gasteiger partial charge in [0.05, 0.1) is 38.4 Å². The number of alkyl halides is 1. The molecular weight excluding hydrogens is 711 g/mol. The minimum Gasteiger partial charge on any atom is -0.382 e. The zero-order valence-corrected chi connectivity index (χ0v) is 28.1. The summed E-state index contributed by atoms with van der Waals surface area (Å²) in [5.41, 5.74) is 12.6. The number of imidazole rings is 1. The number of ether oxygens (including phenoxy) is 2. The number of nitrogens with two attached hydrogens (primary N) is 2. The van der Waals surface area contributed by atoms with Crippen LogP contribution in [0.4, 0.5) is 16.0 Å². The zero-order valence-electron chi connectivity index (χ0n) is 23.7. The molecule has 5 N–H and O–H groups in total. The quantitative estimate of drug-likeness (QED) is 0.110. The Balaban J connectivity index is 1.14. The lowest BCUT2D eigenvalue weighted by Crippen LogP contribution is -2.28. The average molecular weight is 740 g/mol. The van der Waals surface area contributed by atoms with Gasteiger partial charge in [0.15, 0.2) is 23.3 Å². The third-order valence-corrected chi connectivity index (χ3v) is 11.1. The van der Waals surface area contributed by atoms with Crippen molar-refractivity contribution in [1.82, 2.24) is 34.1 Å². The molecule has 24 heteroatoms. The number of hydrogen-bond acceptors (Lipinski definition) is 16. The maximum absolute atomic E-state index is 15.0. The molecule has 46 heavy (non-hydrogen) atoms. The fourth-order valence-electron chi connectivity index (χ4n) is 5.39. The first-order chi connectivity index (χ1) is 21.7. The maximum Gasteiger partial charge on any atom is 0.386 e. The van der Waals surface area contributed by atoms with Crippen LogP contribution >= 0.6 is 49.4 Å². The van der Waals surface area contributed by atoms with E-state index < -0.39 is 61.1 Å². The summed E-state index contributed by atoms with van der Waals surface area (Å²) in [5.74, 6) is -0.931. The van der Waals surface area contributed by atoms with Gasteiger partial charge in [0.2, 0.25) is 0 Å². The lowest BCUT2D eigenvalue weighted by Gasteiger charge is -2.24. The third kappa shape index (κ3) is 6.84. The van der Waals surface area contributed by atoms with E-state index in [0.29, 0.717) is 15.9 Å². The molecule has 2 saturated heterocycles. The van der Waals surface area contributed by atoms with Crippen LogP contribution in [0.3, 0.4) is 0 Å². The van der Waals surface area contributed by atoms with E-state index in [0.717, 1.165) is 11.3 Å². The molecule has 18 nitrogen and oxygen atoms in total. The highest BCUT2D eigenvalue weighted by atomic mass is 32.7. The summed E-state index contributed by atoms with van der Waals surface area (Å²) in [6.07, 6.45) is -1.55. The molecular formula is C22H28FN9O9P2S3. The molecule has 0 bridgehead atoms. The number of halogens is 1. The summed E-state index contributed by atoms with van der Waals surface area (Å²) < 4.78 is 71.0. The number of thiazole rings is 1. The second kappa shape index (κ2) is 13.0. The van der Waals surface area contributed by atoms with Crippen LogP contribution in [0.2, 0.25) is 0 Å². The van der Waals surface area contributed by atoms with Gasteiger partial charge >= 0.3 is 18.5 Å². The molecule has 0 aromatic carbocycles. The van der Waals surface area contributed by atoms with Gasteiger partial charge in [0, 0.05) is 12.3 Å². The van der Waals surface area contributed by atoms with Gasteiger partial charge in [-0.25, -0.2) is 38.4 Å². The summed E-state index contributed by atoms with van der Waals surface area (Å²) in [7, 11) is 0. The summed E-state index contributed by atoms with van der Waals surface area (Å²) in [6.45, 7) is -7.46. The number of aromatic nitrogens is 7. The molecule has 2 aliphatic heterocycles. The molecule has 2 fully saturated rings. The molecule has 6 rings (SSSR count). The molecule has 2 unspecified atom stereocenters. The number of nitrogen functional groups attached to an aromatic ring is 2. The standard InChI is InChI=1S/C22H28FN9O9P2S3/c1-9-11(20(41-13(9)5-37-42(34,35)44)32-19-15(46-22(32)33)17(25)27-7-29-19)4-39-43(36,45)38-3-10-2-12(23)21(40-10)31-8-30-14-16(24)26-6-28-18(14)31/h6-13,20-21H,2-5H2,1H3,(H,36,45)(H2,24,26,28)(H2,25,27,29)(H2,34,35,44)/t9?,10-,11+,12+,13?,20+,21+,43-/m0/s1. The molecule has 2 aliphatic rings. The predicted octanol–water partition coefficient (Wildman–Crippen LogP) is 2.75. The van der Waals surface area contributed by atoms with Gasteiger partial charge in [-0.05, 0) is 5.92 Å². The van der Waals surface area contributed by atoms with Crippen molar-refractivity contribution < 1.29 is 41.5 Å². The van der Waals surface area contributed by atoms with Crippen LogP contribution < -0.4 is 16.3 Å². The van der Waals surface area contributed by atoms with Crippen LogP contribution in [-0.2, 0) is 32.2 Å². The molecule has 0 aliphatic carbocycles. The van der Waals surface area contributed by atoms with Gasteiger partial charge < -0.3 is 30.4 Å². The summed E-state index contributed by atoms with van der Waals surface area (Å²) >= 11 is 8.44. The Hall–Kier alpha value is -2.23. The van der Waals surface area contributed by atoms with E-state index in [9.17, 15) is 18.8 Å². The van der Waals surface area contributed by atoms with Gasteiger partial charge in [-0.3, -0.25) is 23.0 Å². The van der Waals surface area contributed by atoms with Gasteiger partial charge in [0.1, 0.15) is 41.1 Å². The second-order valence-corrected chi connectivity index (χ2v) is 17.2. The van der Waals surface area contributed by atoms with Crippen LogP contribution in [-0.4, -0.2) is 77.1 Å². The SMILES string of the molecule is CC1C(CO[P@@](=O)(O)S)O[C@@H](n2c(=O)sc3c(N)ncnc32)[C@@H]1CO[P@@](=O)(S)OC[C@@H]1C[C@@H](F)[C@H](n2cnc3c(N)ncnc32)O1. The Labute approximate surface area is 273 Å². The summed E-state index contributed by atoms with van der Waals surface area (Å²) in [6, 6.07) is 0. The molecule has 4 aromatic heterocycles. The molecule has 0 spiro atoms. The van der Waals surface area contributed by atoms with E-state index in [-0.39, 0.29) is 43.5 Å². The second-order valence-electron chi connectivity index (χ2n) is 10.6. The van der Waals surface area contributed by atoms with Crippen LogP contribution in [0.15, 0.2) is 23.8 Å². The van der Waals surface area contributed by atoms with Crippen LogP contribution in [0, 0.1) is 11.8 Å². The maximum atomic E-state index is 15.0. The van der Waals surface area contributed by atoms with Crippen molar-refractivity contribution in [3.63, 3.8) is 0 Å². The van der Waals surface area contributed by atoms with E-state index in [1.54, 1.807) is 6.92 Å². The van der Waals surface area contributed by atoms with Crippen LogP contribution in [0.25, 0.3) is 21.5 Å². The average Bonchev–Trinajstić information content (AvgIpc) is 3.73. The topological polar surface area (TPSA) is 244 Å². The van der Waals surface area contributed by atoms with Crippen molar-refractivity contribution >= 4 is 82.6 Å². The highest BCUT2D eigenvalue weighted by molar-refractivity contribution is 8.44. The van der Waals surface area contributed by atoms with Gasteiger partial charge in [0.25, 0.3) is 0 Å². The Morgan fingerprint density at radius 2 is 1.72 bits per heavy atom. The van der Waals surface area contributed by atoms with Crippen molar-refractivity contribution in [1.29, 1.82) is 0 Å². The fourth-order valence-corrected chi connectivity index (χ4v) is 7.98. The minimum atomic E-state index is -4.15. The Morgan fingerprint density at radius 1 is 1.02 bits per heavy atom.